The van der Waals surface area contributed by atoms with Crippen LogP contribution in [0.25, 0.3) is 16.5 Å². The summed E-state index contributed by atoms with van der Waals surface area (Å²) >= 11 is 0. The van der Waals surface area contributed by atoms with Crippen LogP contribution in [0.1, 0.15) is 45.1 Å². The number of aliphatic hydroxyl groups is 1. The van der Waals surface area contributed by atoms with Crippen LogP contribution < -0.4 is 15.2 Å². The number of nitrogens with zero attached hydrogens (tertiary/aromatic N) is 3. The van der Waals surface area contributed by atoms with Crippen LogP contribution in [0.2, 0.25) is 0 Å². The first kappa shape index (κ1) is 23.9. The van der Waals surface area contributed by atoms with Gasteiger partial charge in [0, 0.05) is 42.6 Å². The van der Waals surface area contributed by atoms with Gasteiger partial charge in [-0.05, 0) is 98.1 Å². The molecule has 35 heavy (non-hydrogen) atoms. The Morgan fingerprint density at radius 2 is 1.89 bits per heavy atom. The standard InChI is InChI=1S/C29H37N3O3/c1-4-23(33)20-35-24-7-8-25-21(18-24)10-15-32(28(25)34)22-6-9-27(26(19-22)29(2)11-12-29)31-14-5-13-30(3)16-17-31/h6-10,15,18-19,23,33H,4-5,11-14,16-17,20H2,1-3H3/t23-/m0/s1. The monoisotopic (exact) mass is 475 g/mol. The molecule has 0 unspecified atom stereocenters. The van der Waals surface area contributed by atoms with Crippen molar-refractivity contribution in [3.8, 4) is 11.4 Å². The highest BCUT2D eigenvalue weighted by Crippen LogP contribution is 2.51. The van der Waals surface area contributed by atoms with Gasteiger partial charge in [-0.15, -0.1) is 0 Å². The van der Waals surface area contributed by atoms with Crippen molar-refractivity contribution < 1.29 is 9.84 Å². The number of benzene rings is 2. The summed E-state index contributed by atoms with van der Waals surface area (Å²) < 4.78 is 7.46. The molecule has 1 aromatic heterocycles. The summed E-state index contributed by atoms with van der Waals surface area (Å²) in [4.78, 5) is 18.4. The second-order valence-corrected chi connectivity index (χ2v) is 10.5. The van der Waals surface area contributed by atoms with Crippen molar-refractivity contribution in [2.24, 2.45) is 0 Å². The highest BCUT2D eigenvalue weighted by atomic mass is 16.5. The minimum atomic E-state index is -0.487. The summed E-state index contributed by atoms with van der Waals surface area (Å²) in [5.74, 6) is 0.665. The van der Waals surface area contributed by atoms with Crippen LogP contribution in [0.3, 0.4) is 0 Å². The lowest BCUT2D eigenvalue weighted by molar-refractivity contribution is 0.104. The number of fused-ring (bicyclic) bond motifs is 1. The molecule has 2 aromatic carbocycles. The van der Waals surface area contributed by atoms with E-state index in [-0.39, 0.29) is 17.6 Å². The third-order valence-corrected chi connectivity index (χ3v) is 7.76. The summed E-state index contributed by atoms with van der Waals surface area (Å²) in [5, 5.41) is 11.3. The smallest absolute Gasteiger partial charge is 0.262 e. The van der Waals surface area contributed by atoms with Gasteiger partial charge in [0.05, 0.1) is 6.10 Å². The molecule has 5 rings (SSSR count). The molecule has 0 radical (unpaired) electrons. The number of anilines is 1. The van der Waals surface area contributed by atoms with E-state index in [4.69, 9.17) is 4.74 Å². The lowest BCUT2D eigenvalue weighted by Crippen LogP contribution is -2.30. The maximum Gasteiger partial charge on any atom is 0.262 e. The molecule has 0 spiro atoms. The summed E-state index contributed by atoms with van der Waals surface area (Å²) in [6.45, 7) is 8.84. The predicted molar refractivity (Wildman–Crippen MR) is 142 cm³/mol. The van der Waals surface area contributed by atoms with Crippen LogP contribution in [-0.2, 0) is 5.41 Å². The van der Waals surface area contributed by atoms with E-state index in [1.165, 1.54) is 30.5 Å². The molecule has 3 aromatic rings. The molecule has 2 fully saturated rings. The number of pyridine rings is 1. The van der Waals surface area contributed by atoms with Crippen molar-refractivity contribution in [2.75, 3.05) is 44.7 Å². The first-order valence-electron chi connectivity index (χ1n) is 12.9. The molecule has 0 bridgehead atoms. The third-order valence-electron chi connectivity index (χ3n) is 7.76. The van der Waals surface area contributed by atoms with Crippen LogP contribution in [0.15, 0.2) is 53.5 Å². The molecule has 1 saturated carbocycles. The Bertz CT molecular complexity index is 1260. The van der Waals surface area contributed by atoms with E-state index in [0.29, 0.717) is 17.6 Å². The first-order valence-corrected chi connectivity index (χ1v) is 12.9. The molecule has 0 amide bonds. The lowest BCUT2D eigenvalue weighted by Gasteiger charge is -2.28. The van der Waals surface area contributed by atoms with Gasteiger partial charge >= 0.3 is 0 Å². The maximum absolute atomic E-state index is 13.5. The quantitative estimate of drug-likeness (QED) is 0.551. The van der Waals surface area contributed by atoms with E-state index in [2.05, 4.69) is 42.0 Å². The molecule has 1 N–H and O–H groups in total. The number of ether oxygens (including phenoxy) is 1. The zero-order valence-electron chi connectivity index (χ0n) is 21.2. The Balaban J connectivity index is 1.48. The Hall–Kier alpha value is -2.83. The van der Waals surface area contributed by atoms with Gasteiger partial charge in [-0.2, -0.15) is 0 Å². The van der Waals surface area contributed by atoms with Gasteiger partial charge in [-0.25, -0.2) is 0 Å². The SMILES string of the molecule is CC[C@H](O)COc1ccc2c(=O)n(-c3ccc(N4CCCN(C)CC4)c(C4(C)CC4)c3)ccc2c1. The molecule has 6 heteroatoms. The van der Waals surface area contributed by atoms with E-state index in [1.54, 1.807) is 4.57 Å². The molecule has 2 heterocycles. The van der Waals surface area contributed by atoms with Gasteiger partial charge in [0.1, 0.15) is 12.4 Å². The van der Waals surface area contributed by atoms with Crippen LogP contribution in [0, 0.1) is 0 Å². The molecule has 186 valence electrons. The molecule has 1 aliphatic heterocycles. The van der Waals surface area contributed by atoms with Gasteiger partial charge in [0.25, 0.3) is 5.56 Å². The van der Waals surface area contributed by atoms with Crippen LogP contribution in [0.5, 0.6) is 5.75 Å². The molecule has 1 atom stereocenters. The second-order valence-electron chi connectivity index (χ2n) is 10.5. The Morgan fingerprint density at radius 3 is 2.66 bits per heavy atom. The van der Waals surface area contributed by atoms with Crippen molar-refractivity contribution in [1.82, 2.24) is 9.47 Å². The van der Waals surface area contributed by atoms with Crippen LogP contribution in [0.4, 0.5) is 5.69 Å². The van der Waals surface area contributed by atoms with Gasteiger partial charge < -0.3 is 19.6 Å². The minimum Gasteiger partial charge on any atom is -0.491 e. The normalized spacial score (nSPS) is 18.9. The van der Waals surface area contributed by atoms with E-state index in [0.717, 1.165) is 37.3 Å². The molecular formula is C29H37N3O3. The number of hydrogen-bond acceptors (Lipinski definition) is 5. The van der Waals surface area contributed by atoms with E-state index in [9.17, 15) is 9.90 Å². The summed E-state index contributed by atoms with van der Waals surface area (Å²) in [6, 6.07) is 14.0. The largest absolute Gasteiger partial charge is 0.491 e. The summed E-state index contributed by atoms with van der Waals surface area (Å²) in [7, 11) is 2.20. The lowest BCUT2D eigenvalue weighted by atomic mass is 9.94. The Labute approximate surface area is 207 Å². The number of hydrogen-bond donors (Lipinski definition) is 1. The number of aromatic nitrogens is 1. The van der Waals surface area contributed by atoms with Gasteiger partial charge in [-0.1, -0.05) is 13.8 Å². The average molecular weight is 476 g/mol. The van der Waals surface area contributed by atoms with Crippen LogP contribution in [-0.4, -0.2) is 60.5 Å². The zero-order valence-corrected chi connectivity index (χ0v) is 21.2. The number of likely N-dealkylation sites (N-methyl/N-ethyl adjacent to an activating group) is 1. The Morgan fingerprint density at radius 1 is 1.06 bits per heavy atom. The highest BCUT2D eigenvalue weighted by molar-refractivity contribution is 5.83. The van der Waals surface area contributed by atoms with Crippen molar-refractivity contribution in [1.29, 1.82) is 0 Å². The first-order chi connectivity index (χ1) is 16.9. The predicted octanol–water partition coefficient (Wildman–Crippen LogP) is 4.33. The van der Waals surface area contributed by atoms with Crippen molar-refractivity contribution in [3.63, 3.8) is 0 Å². The second kappa shape index (κ2) is 9.67. The van der Waals surface area contributed by atoms with Gasteiger partial charge in [0.15, 0.2) is 0 Å². The minimum absolute atomic E-state index is 0.0290. The van der Waals surface area contributed by atoms with Crippen LogP contribution >= 0.6 is 0 Å². The fourth-order valence-electron chi connectivity index (χ4n) is 5.01. The van der Waals surface area contributed by atoms with Crippen molar-refractivity contribution in [2.45, 2.75) is 51.0 Å². The van der Waals surface area contributed by atoms with E-state index >= 15 is 0 Å². The molecular weight excluding hydrogens is 438 g/mol. The molecule has 1 aliphatic carbocycles. The van der Waals surface area contributed by atoms with Gasteiger partial charge in [-0.3, -0.25) is 9.36 Å². The maximum atomic E-state index is 13.5. The number of rotatable bonds is 7. The topological polar surface area (TPSA) is 57.9 Å². The molecule has 1 saturated heterocycles. The fourth-order valence-corrected chi connectivity index (χ4v) is 5.01. The highest BCUT2D eigenvalue weighted by Gasteiger charge is 2.41. The molecule has 6 nitrogen and oxygen atoms in total. The fraction of sp³-hybridized carbons (Fsp3) is 0.483. The van der Waals surface area contributed by atoms with E-state index in [1.807, 2.05) is 37.4 Å². The zero-order chi connectivity index (χ0) is 24.6. The van der Waals surface area contributed by atoms with E-state index < -0.39 is 6.10 Å². The van der Waals surface area contributed by atoms with Gasteiger partial charge in [0.2, 0.25) is 0 Å². The molecule has 2 aliphatic rings. The Kier molecular flexibility index (Phi) is 6.60. The summed E-state index contributed by atoms with van der Waals surface area (Å²) in [6.07, 6.45) is 5.58. The summed E-state index contributed by atoms with van der Waals surface area (Å²) in [5.41, 5.74) is 3.78. The van der Waals surface area contributed by atoms with Crippen molar-refractivity contribution in [3.05, 3.63) is 64.6 Å². The van der Waals surface area contributed by atoms with Crippen molar-refractivity contribution >= 4 is 16.5 Å². The average Bonchev–Trinajstić information content (AvgIpc) is 3.66. The third kappa shape index (κ3) is 4.95. The number of aliphatic hydroxyl groups excluding tert-OH is 1.